The van der Waals surface area contributed by atoms with Crippen LogP contribution in [0.2, 0.25) is 0 Å². The minimum atomic E-state index is -0.278. The van der Waals surface area contributed by atoms with Crippen LogP contribution >= 0.6 is 24.0 Å². The Bertz CT molecular complexity index is 992. The van der Waals surface area contributed by atoms with Crippen molar-refractivity contribution in [2.45, 2.75) is 32.5 Å². The second-order valence-electron chi connectivity index (χ2n) is 7.63. The van der Waals surface area contributed by atoms with E-state index in [0.29, 0.717) is 18.9 Å². The zero-order valence-electron chi connectivity index (χ0n) is 18.1. The minimum absolute atomic E-state index is 0. The van der Waals surface area contributed by atoms with E-state index in [2.05, 4.69) is 44.9 Å². The zero-order valence-corrected chi connectivity index (χ0v) is 20.4. The maximum absolute atomic E-state index is 14.0. The third kappa shape index (κ3) is 6.41. The third-order valence-corrected chi connectivity index (χ3v) is 5.28. The Morgan fingerprint density at radius 3 is 2.72 bits per heavy atom. The molecule has 3 aromatic rings. The van der Waals surface area contributed by atoms with Gasteiger partial charge in [0.2, 0.25) is 0 Å². The Morgan fingerprint density at radius 1 is 1.19 bits per heavy atom. The number of hydrogen-bond acceptors (Lipinski definition) is 4. The van der Waals surface area contributed by atoms with Gasteiger partial charge in [0.1, 0.15) is 0 Å². The van der Waals surface area contributed by atoms with Crippen molar-refractivity contribution in [3.05, 3.63) is 78.3 Å². The van der Waals surface area contributed by atoms with Crippen LogP contribution in [0.4, 0.5) is 10.2 Å². The predicted octanol–water partition coefficient (Wildman–Crippen LogP) is 3.42. The maximum Gasteiger partial charge on any atom is 0.191 e. The highest BCUT2D eigenvalue weighted by molar-refractivity contribution is 14.0. The van der Waals surface area contributed by atoms with Gasteiger partial charge in [0, 0.05) is 50.8 Å². The lowest BCUT2D eigenvalue weighted by Gasteiger charge is -2.20. The fourth-order valence-electron chi connectivity index (χ4n) is 3.71. The Kier molecular flexibility index (Phi) is 8.83. The number of imidazole rings is 1. The lowest BCUT2D eigenvalue weighted by Crippen LogP contribution is -2.44. The number of benzene rings is 1. The molecule has 2 N–H and O–H groups in total. The molecule has 1 aliphatic rings. The Labute approximate surface area is 205 Å². The van der Waals surface area contributed by atoms with Crippen LogP contribution in [0.3, 0.4) is 0 Å². The quantitative estimate of drug-likeness (QED) is 0.269. The largest absolute Gasteiger partial charge is 0.357 e. The molecule has 1 aliphatic heterocycles. The number of aromatic nitrogens is 3. The van der Waals surface area contributed by atoms with Crippen LogP contribution in [-0.2, 0) is 13.1 Å². The van der Waals surface area contributed by atoms with Gasteiger partial charge in [0.25, 0.3) is 0 Å². The van der Waals surface area contributed by atoms with E-state index in [1.54, 1.807) is 18.5 Å². The van der Waals surface area contributed by atoms with E-state index in [1.165, 1.54) is 11.6 Å². The van der Waals surface area contributed by atoms with Gasteiger partial charge in [-0.05, 0) is 36.6 Å². The summed E-state index contributed by atoms with van der Waals surface area (Å²) in [5.41, 5.74) is 2.37. The highest BCUT2D eigenvalue weighted by Gasteiger charge is 2.25. The maximum atomic E-state index is 14.0. The molecule has 1 aromatic carbocycles. The highest BCUT2D eigenvalue weighted by Crippen LogP contribution is 2.20. The van der Waals surface area contributed by atoms with Crippen molar-refractivity contribution in [3.8, 4) is 0 Å². The summed E-state index contributed by atoms with van der Waals surface area (Å²) in [7, 11) is 0. The molecule has 0 aliphatic carbocycles. The van der Waals surface area contributed by atoms with Crippen LogP contribution in [0, 0.1) is 5.82 Å². The van der Waals surface area contributed by atoms with E-state index in [4.69, 9.17) is 4.99 Å². The third-order valence-electron chi connectivity index (χ3n) is 5.28. The molecule has 1 fully saturated rings. The molecule has 0 spiro atoms. The first kappa shape index (κ1) is 24.0. The topological polar surface area (TPSA) is 70.4 Å². The number of aliphatic imine (C=N–C) groups is 1. The van der Waals surface area contributed by atoms with Crippen LogP contribution in [0.5, 0.6) is 0 Å². The van der Waals surface area contributed by atoms with Crippen molar-refractivity contribution in [2.75, 3.05) is 24.5 Å². The Hall–Kier alpha value is -2.69. The summed E-state index contributed by atoms with van der Waals surface area (Å²) in [4.78, 5) is 15.0. The molecule has 1 saturated heterocycles. The Morgan fingerprint density at radius 2 is 2.00 bits per heavy atom. The summed E-state index contributed by atoms with van der Waals surface area (Å²) < 4.78 is 16.1. The van der Waals surface area contributed by atoms with E-state index in [-0.39, 0.29) is 35.8 Å². The number of nitrogens with zero attached hydrogens (tertiary/aromatic N) is 5. The summed E-state index contributed by atoms with van der Waals surface area (Å²) >= 11 is 0. The number of nitrogens with one attached hydrogen (secondary N) is 2. The lowest BCUT2D eigenvalue weighted by molar-refractivity contribution is 0.612. The average molecular weight is 549 g/mol. The number of pyridine rings is 1. The first-order valence-electron chi connectivity index (χ1n) is 10.6. The van der Waals surface area contributed by atoms with Gasteiger partial charge >= 0.3 is 0 Å². The average Bonchev–Trinajstić information content (AvgIpc) is 3.46. The normalized spacial score (nSPS) is 16.0. The molecule has 2 aromatic heterocycles. The first-order chi connectivity index (χ1) is 15.2. The van der Waals surface area contributed by atoms with E-state index in [1.807, 2.05) is 28.9 Å². The zero-order chi connectivity index (χ0) is 21.5. The monoisotopic (exact) mass is 549 g/mol. The number of rotatable bonds is 7. The molecule has 3 heterocycles. The second kappa shape index (κ2) is 11.8. The molecule has 7 nitrogen and oxygen atoms in total. The van der Waals surface area contributed by atoms with Crippen LogP contribution in [0.1, 0.15) is 24.5 Å². The van der Waals surface area contributed by atoms with E-state index >= 15 is 0 Å². The van der Waals surface area contributed by atoms with Crippen LogP contribution < -0.4 is 15.5 Å². The highest BCUT2D eigenvalue weighted by atomic mass is 127. The van der Waals surface area contributed by atoms with E-state index < -0.39 is 0 Å². The van der Waals surface area contributed by atoms with Crippen LogP contribution in [-0.4, -0.2) is 46.2 Å². The van der Waals surface area contributed by atoms with Crippen molar-refractivity contribution in [1.29, 1.82) is 0 Å². The molecule has 170 valence electrons. The SMILES string of the molecule is CCNC(=NCc1ccc(Cn2ccnc2)cc1)NC1CCN(c2ncccc2F)C1.I. The number of halogens is 2. The molecule has 0 saturated carbocycles. The molecule has 1 unspecified atom stereocenters. The van der Waals surface area contributed by atoms with Crippen molar-refractivity contribution < 1.29 is 4.39 Å². The van der Waals surface area contributed by atoms with Crippen LogP contribution in [0.25, 0.3) is 0 Å². The molecule has 1 atom stereocenters. The van der Waals surface area contributed by atoms with Gasteiger partial charge in [-0.15, -0.1) is 24.0 Å². The van der Waals surface area contributed by atoms with Gasteiger partial charge in [-0.25, -0.2) is 19.4 Å². The van der Waals surface area contributed by atoms with Crippen molar-refractivity contribution in [1.82, 2.24) is 25.2 Å². The van der Waals surface area contributed by atoms with Crippen LogP contribution in [0.15, 0.2) is 66.3 Å². The first-order valence-corrected chi connectivity index (χ1v) is 10.6. The molecular weight excluding hydrogens is 520 g/mol. The molecule has 0 radical (unpaired) electrons. The van der Waals surface area contributed by atoms with Gasteiger partial charge in [-0.3, -0.25) is 0 Å². The summed E-state index contributed by atoms with van der Waals surface area (Å²) in [6.45, 7) is 5.69. The standard InChI is InChI=1S/C23H28FN7.HI/c1-2-26-23(29-20-9-12-31(16-20)22-21(24)4-3-10-27-22)28-14-18-5-7-19(8-6-18)15-30-13-11-25-17-30;/h3-8,10-11,13,17,20H,2,9,12,14-16H2,1H3,(H2,26,28,29);1H. The number of hydrogen-bond donors (Lipinski definition) is 2. The summed E-state index contributed by atoms with van der Waals surface area (Å²) in [6.07, 6.45) is 8.10. The Balaban J connectivity index is 0.00000289. The molecule has 9 heteroatoms. The lowest BCUT2D eigenvalue weighted by atomic mass is 10.1. The summed E-state index contributed by atoms with van der Waals surface area (Å²) in [5, 5.41) is 6.79. The van der Waals surface area contributed by atoms with Crippen molar-refractivity contribution >= 4 is 35.8 Å². The molecule has 32 heavy (non-hydrogen) atoms. The fraction of sp³-hybridized carbons (Fsp3) is 0.348. The fourth-order valence-corrected chi connectivity index (χ4v) is 3.71. The van der Waals surface area contributed by atoms with E-state index in [9.17, 15) is 4.39 Å². The number of guanidine groups is 1. The van der Waals surface area contributed by atoms with Gasteiger partial charge in [0.05, 0.1) is 12.9 Å². The molecule has 4 rings (SSSR count). The molecule has 0 amide bonds. The minimum Gasteiger partial charge on any atom is -0.357 e. The van der Waals surface area contributed by atoms with E-state index in [0.717, 1.165) is 37.6 Å². The van der Waals surface area contributed by atoms with Gasteiger partial charge < -0.3 is 20.1 Å². The van der Waals surface area contributed by atoms with Gasteiger partial charge in [0.15, 0.2) is 17.6 Å². The summed E-state index contributed by atoms with van der Waals surface area (Å²) in [6, 6.07) is 11.7. The molecular formula is C23H29FIN7. The van der Waals surface area contributed by atoms with Crippen molar-refractivity contribution in [3.63, 3.8) is 0 Å². The molecule has 0 bridgehead atoms. The predicted molar refractivity (Wildman–Crippen MR) is 136 cm³/mol. The second-order valence-corrected chi connectivity index (χ2v) is 7.63. The van der Waals surface area contributed by atoms with Gasteiger partial charge in [-0.2, -0.15) is 0 Å². The van der Waals surface area contributed by atoms with Crippen molar-refractivity contribution in [2.24, 2.45) is 4.99 Å². The number of anilines is 1. The summed E-state index contributed by atoms with van der Waals surface area (Å²) in [5.74, 6) is 0.920. The smallest absolute Gasteiger partial charge is 0.191 e. The van der Waals surface area contributed by atoms with Gasteiger partial charge in [-0.1, -0.05) is 24.3 Å².